The van der Waals surface area contributed by atoms with Gasteiger partial charge in [-0.25, -0.2) is 9.18 Å². The molecule has 2 rings (SSSR count). The summed E-state index contributed by atoms with van der Waals surface area (Å²) in [6.07, 6.45) is 1.92. The summed E-state index contributed by atoms with van der Waals surface area (Å²) in [5.41, 5.74) is 0.849. The van der Waals surface area contributed by atoms with Crippen molar-refractivity contribution < 1.29 is 28.2 Å². The SMILES string of the molecule is C=CC(=O)N1CCCC(OC(=O)NCCOCCOc2cc(F)ccc2C)C1. The van der Waals surface area contributed by atoms with E-state index in [1.54, 1.807) is 11.0 Å². The van der Waals surface area contributed by atoms with Crippen molar-refractivity contribution in [3.8, 4) is 5.75 Å². The predicted octanol–water partition coefficient (Wildman–Crippen LogP) is 2.43. The van der Waals surface area contributed by atoms with Gasteiger partial charge in [0.2, 0.25) is 5.91 Å². The smallest absolute Gasteiger partial charge is 0.407 e. The molecular weight excluding hydrogens is 367 g/mol. The van der Waals surface area contributed by atoms with Crippen LogP contribution in [0.4, 0.5) is 9.18 Å². The van der Waals surface area contributed by atoms with Gasteiger partial charge < -0.3 is 24.4 Å². The van der Waals surface area contributed by atoms with Crippen molar-refractivity contribution in [2.45, 2.75) is 25.9 Å². The number of likely N-dealkylation sites (tertiary alicyclic amines) is 1. The van der Waals surface area contributed by atoms with Crippen molar-refractivity contribution in [1.82, 2.24) is 10.2 Å². The molecule has 0 aliphatic carbocycles. The molecular formula is C20H27FN2O5. The highest BCUT2D eigenvalue weighted by atomic mass is 19.1. The largest absolute Gasteiger partial charge is 0.491 e. The lowest BCUT2D eigenvalue weighted by atomic mass is 10.1. The van der Waals surface area contributed by atoms with Crippen LogP contribution in [0.5, 0.6) is 5.75 Å². The number of amides is 2. The van der Waals surface area contributed by atoms with Gasteiger partial charge in [0.1, 0.15) is 24.3 Å². The van der Waals surface area contributed by atoms with E-state index in [4.69, 9.17) is 14.2 Å². The van der Waals surface area contributed by atoms with Crippen LogP contribution in [0, 0.1) is 12.7 Å². The summed E-state index contributed by atoms with van der Waals surface area (Å²) in [7, 11) is 0. The Morgan fingerprint density at radius 1 is 1.36 bits per heavy atom. The molecule has 28 heavy (non-hydrogen) atoms. The maximum Gasteiger partial charge on any atom is 0.407 e. The third-order valence-corrected chi connectivity index (χ3v) is 4.29. The summed E-state index contributed by atoms with van der Waals surface area (Å²) in [4.78, 5) is 25.1. The van der Waals surface area contributed by atoms with Crippen LogP contribution < -0.4 is 10.1 Å². The number of carbonyl (C=O) groups excluding carboxylic acids is 2. The number of nitrogens with one attached hydrogen (secondary N) is 1. The fraction of sp³-hybridized carbons (Fsp3) is 0.500. The van der Waals surface area contributed by atoms with Gasteiger partial charge in [-0.15, -0.1) is 0 Å². The number of hydrogen-bond donors (Lipinski definition) is 1. The molecule has 2 amide bonds. The minimum absolute atomic E-state index is 0.155. The summed E-state index contributed by atoms with van der Waals surface area (Å²) >= 11 is 0. The molecule has 1 atom stereocenters. The van der Waals surface area contributed by atoms with E-state index < -0.39 is 6.09 Å². The van der Waals surface area contributed by atoms with Gasteiger partial charge in [0.05, 0.1) is 19.8 Å². The Hall–Kier alpha value is -2.61. The molecule has 0 saturated carbocycles. The highest BCUT2D eigenvalue weighted by molar-refractivity contribution is 5.87. The van der Waals surface area contributed by atoms with E-state index in [9.17, 15) is 14.0 Å². The number of nitrogens with zero attached hydrogens (tertiary/aromatic N) is 1. The summed E-state index contributed by atoms with van der Waals surface area (Å²) in [5.74, 6) is -0.0151. The number of alkyl carbamates (subject to hydrolysis) is 1. The van der Waals surface area contributed by atoms with Crippen LogP contribution in [0.1, 0.15) is 18.4 Å². The molecule has 0 spiro atoms. The van der Waals surface area contributed by atoms with Gasteiger partial charge in [-0.2, -0.15) is 0 Å². The lowest BCUT2D eigenvalue weighted by Crippen LogP contribution is -2.44. The normalized spacial score (nSPS) is 16.4. The maximum atomic E-state index is 13.2. The van der Waals surface area contributed by atoms with Crippen molar-refractivity contribution >= 4 is 12.0 Å². The van der Waals surface area contributed by atoms with E-state index in [0.717, 1.165) is 18.4 Å². The van der Waals surface area contributed by atoms with Gasteiger partial charge in [0, 0.05) is 19.2 Å². The molecule has 1 fully saturated rings. The molecule has 1 saturated heterocycles. The lowest BCUT2D eigenvalue weighted by molar-refractivity contribution is -0.129. The third-order valence-electron chi connectivity index (χ3n) is 4.29. The highest BCUT2D eigenvalue weighted by Gasteiger charge is 2.24. The number of halogens is 1. The zero-order valence-corrected chi connectivity index (χ0v) is 16.1. The average Bonchev–Trinajstić information content (AvgIpc) is 2.69. The van der Waals surface area contributed by atoms with E-state index in [0.29, 0.717) is 38.6 Å². The van der Waals surface area contributed by atoms with E-state index in [-0.39, 0.29) is 24.4 Å². The first-order chi connectivity index (χ1) is 13.5. The number of benzene rings is 1. The Bertz CT molecular complexity index is 683. The van der Waals surface area contributed by atoms with Crippen molar-refractivity contribution in [2.75, 3.05) is 39.5 Å². The van der Waals surface area contributed by atoms with Crippen LogP contribution in [-0.4, -0.2) is 62.5 Å². The van der Waals surface area contributed by atoms with Crippen molar-refractivity contribution in [3.05, 3.63) is 42.2 Å². The number of ether oxygens (including phenoxy) is 3. The first-order valence-corrected chi connectivity index (χ1v) is 9.32. The van der Waals surface area contributed by atoms with Crippen LogP contribution in [0.25, 0.3) is 0 Å². The highest BCUT2D eigenvalue weighted by Crippen LogP contribution is 2.18. The molecule has 7 nitrogen and oxygen atoms in total. The topological polar surface area (TPSA) is 77.1 Å². The first-order valence-electron chi connectivity index (χ1n) is 9.32. The molecule has 0 aromatic heterocycles. The standard InChI is InChI=1S/C20H27FN2O5/c1-3-19(24)23-9-4-5-17(14-23)28-20(25)22-8-10-26-11-12-27-18-13-16(21)7-6-15(18)2/h3,6-7,13,17H,1,4-5,8-12,14H2,2H3,(H,22,25). The molecule has 8 heteroatoms. The molecule has 1 N–H and O–H groups in total. The van der Waals surface area contributed by atoms with Gasteiger partial charge in [0.15, 0.2) is 0 Å². The summed E-state index contributed by atoms with van der Waals surface area (Å²) in [6.45, 7) is 7.52. The fourth-order valence-corrected chi connectivity index (χ4v) is 2.82. The average molecular weight is 394 g/mol. The van der Waals surface area contributed by atoms with Gasteiger partial charge in [0.25, 0.3) is 0 Å². The number of rotatable bonds is 9. The second kappa shape index (κ2) is 11.3. The lowest BCUT2D eigenvalue weighted by Gasteiger charge is -2.31. The Morgan fingerprint density at radius 2 is 2.18 bits per heavy atom. The van der Waals surface area contributed by atoms with Crippen molar-refractivity contribution in [1.29, 1.82) is 0 Å². The van der Waals surface area contributed by atoms with Gasteiger partial charge in [-0.05, 0) is 37.5 Å². The van der Waals surface area contributed by atoms with Gasteiger partial charge >= 0.3 is 6.09 Å². The Morgan fingerprint density at radius 3 is 2.96 bits per heavy atom. The van der Waals surface area contributed by atoms with Crippen LogP contribution in [0.15, 0.2) is 30.9 Å². The number of carbonyl (C=O) groups is 2. The van der Waals surface area contributed by atoms with Crippen molar-refractivity contribution in [3.63, 3.8) is 0 Å². The molecule has 0 radical (unpaired) electrons. The van der Waals surface area contributed by atoms with Crippen LogP contribution in [-0.2, 0) is 14.3 Å². The zero-order valence-electron chi connectivity index (χ0n) is 16.1. The fourth-order valence-electron chi connectivity index (χ4n) is 2.82. The molecule has 1 aromatic rings. The predicted molar refractivity (Wildman–Crippen MR) is 102 cm³/mol. The van der Waals surface area contributed by atoms with E-state index in [1.807, 2.05) is 6.92 Å². The van der Waals surface area contributed by atoms with Gasteiger partial charge in [-0.3, -0.25) is 4.79 Å². The summed E-state index contributed by atoms with van der Waals surface area (Å²) < 4.78 is 29.3. The number of aryl methyl sites for hydroxylation is 1. The van der Waals surface area contributed by atoms with E-state index >= 15 is 0 Å². The minimum Gasteiger partial charge on any atom is -0.491 e. The summed E-state index contributed by atoms with van der Waals surface area (Å²) in [6, 6.07) is 4.37. The van der Waals surface area contributed by atoms with E-state index in [2.05, 4.69) is 11.9 Å². The second-order valence-electron chi connectivity index (χ2n) is 6.46. The van der Waals surface area contributed by atoms with E-state index in [1.165, 1.54) is 18.2 Å². The zero-order chi connectivity index (χ0) is 20.4. The quantitative estimate of drug-likeness (QED) is 0.514. The second-order valence-corrected chi connectivity index (χ2v) is 6.46. The maximum absolute atomic E-state index is 13.2. The Labute approximate surface area is 164 Å². The molecule has 1 aliphatic rings. The minimum atomic E-state index is -0.534. The van der Waals surface area contributed by atoms with Crippen LogP contribution >= 0.6 is 0 Å². The first kappa shape index (κ1) is 21.7. The van der Waals surface area contributed by atoms with Gasteiger partial charge in [-0.1, -0.05) is 12.6 Å². The molecule has 0 bridgehead atoms. The summed E-state index contributed by atoms with van der Waals surface area (Å²) in [5, 5.41) is 2.61. The molecule has 1 aliphatic heterocycles. The van der Waals surface area contributed by atoms with Crippen molar-refractivity contribution in [2.24, 2.45) is 0 Å². The number of hydrogen-bond acceptors (Lipinski definition) is 5. The van der Waals surface area contributed by atoms with Crippen LogP contribution in [0.2, 0.25) is 0 Å². The molecule has 1 heterocycles. The Kier molecular flexibility index (Phi) is 8.74. The molecule has 1 unspecified atom stereocenters. The number of piperidine rings is 1. The third kappa shape index (κ3) is 7.19. The molecule has 154 valence electrons. The monoisotopic (exact) mass is 394 g/mol. The van der Waals surface area contributed by atoms with Crippen LogP contribution in [0.3, 0.4) is 0 Å². The molecule has 1 aromatic carbocycles. The Balaban J connectivity index is 1.54.